The van der Waals surface area contributed by atoms with Crippen molar-refractivity contribution in [3.8, 4) is 11.6 Å². The van der Waals surface area contributed by atoms with Gasteiger partial charge < -0.3 is 10.1 Å². The predicted molar refractivity (Wildman–Crippen MR) is 103 cm³/mol. The first kappa shape index (κ1) is 18.4. The van der Waals surface area contributed by atoms with Crippen molar-refractivity contribution in [2.24, 2.45) is 0 Å². The molecule has 0 spiro atoms. The number of amides is 1. The average Bonchev–Trinajstić information content (AvgIpc) is 2.68. The summed E-state index contributed by atoms with van der Waals surface area (Å²) in [7, 11) is 0. The molecule has 0 saturated carbocycles. The SMILES string of the molecule is Cc1ccc(-n2nc(OCC(=O)NCc3ccccc3)ccc2=O)cc1C. The van der Waals surface area contributed by atoms with Gasteiger partial charge in [-0.25, -0.2) is 0 Å². The van der Waals surface area contributed by atoms with Gasteiger partial charge in [0.15, 0.2) is 6.61 Å². The van der Waals surface area contributed by atoms with Crippen LogP contribution in [0, 0.1) is 13.8 Å². The van der Waals surface area contributed by atoms with Crippen LogP contribution in [0.4, 0.5) is 0 Å². The van der Waals surface area contributed by atoms with Gasteiger partial charge in [-0.2, -0.15) is 4.68 Å². The molecule has 6 heteroatoms. The average molecular weight is 363 g/mol. The van der Waals surface area contributed by atoms with Gasteiger partial charge in [-0.3, -0.25) is 9.59 Å². The summed E-state index contributed by atoms with van der Waals surface area (Å²) in [5.74, 6) is -0.0488. The molecule has 1 N–H and O–H groups in total. The summed E-state index contributed by atoms with van der Waals surface area (Å²) in [6.07, 6.45) is 0. The van der Waals surface area contributed by atoms with Gasteiger partial charge in [-0.05, 0) is 42.7 Å². The van der Waals surface area contributed by atoms with Crippen molar-refractivity contribution in [3.05, 3.63) is 87.7 Å². The zero-order valence-electron chi connectivity index (χ0n) is 15.3. The normalized spacial score (nSPS) is 10.4. The fourth-order valence-corrected chi connectivity index (χ4v) is 2.50. The molecule has 0 saturated heterocycles. The summed E-state index contributed by atoms with van der Waals surface area (Å²) < 4.78 is 6.71. The van der Waals surface area contributed by atoms with Crippen LogP contribution in [0.15, 0.2) is 65.5 Å². The number of aromatic nitrogens is 2. The Bertz CT molecular complexity index is 997. The van der Waals surface area contributed by atoms with E-state index in [9.17, 15) is 9.59 Å². The van der Waals surface area contributed by atoms with Crippen molar-refractivity contribution < 1.29 is 9.53 Å². The molecule has 0 aliphatic carbocycles. The van der Waals surface area contributed by atoms with Crippen LogP contribution in [-0.4, -0.2) is 22.3 Å². The molecule has 0 atom stereocenters. The third-order valence-electron chi connectivity index (χ3n) is 4.19. The van der Waals surface area contributed by atoms with Crippen LogP contribution in [0.5, 0.6) is 5.88 Å². The second kappa shape index (κ2) is 8.31. The van der Waals surface area contributed by atoms with E-state index in [0.29, 0.717) is 12.2 Å². The molecular weight excluding hydrogens is 342 g/mol. The van der Waals surface area contributed by atoms with E-state index in [1.54, 1.807) is 0 Å². The fraction of sp³-hybridized carbons (Fsp3) is 0.190. The Hall–Kier alpha value is -3.41. The largest absolute Gasteiger partial charge is 0.467 e. The van der Waals surface area contributed by atoms with Gasteiger partial charge in [0.05, 0.1) is 5.69 Å². The van der Waals surface area contributed by atoms with Gasteiger partial charge in [-0.1, -0.05) is 36.4 Å². The Balaban J connectivity index is 1.64. The third kappa shape index (κ3) is 4.82. The van der Waals surface area contributed by atoms with E-state index in [0.717, 1.165) is 16.7 Å². The number of carbonyl (C=O) groups is 1. The number of carbonyl (C=O) groups excluding carboxylic acids is 1. The molecule has 1 heterocycles. The van der Waals surface area contributed by atoms with E-state index < -0.39 is 0 Å². The number of aryl methyl sites for hydroxylation is 2. The van der Waals surface area contributed by atoms with Crippen molar-refractivity contribution in [2.45, 2.75) is 20.4 Å². The predicted octanol–water partition coefficient (Wildman–Crippen LogP) is 2.54. The van der Waals surface area contributed by atoms with Gasteiger partial charge in [0.1, 0.15) is 0 Å². The number of ether oxygens (including phenoxy) is 1. The standard InChI is InChI=1S/C21H21N3O3/c1-15-8-9-18(12-16(15)2)24-21(26)11-10-20(23-24)27-14-19(25)22-13-17-6-4-3-5-7-17/h3-12H,13-14H2,1-2H3,(H,22,25). The van der Waals surface area contributed by atoms with E-state index in [2.05, 4.69) is 10.4 Å². The molecule has 27 heavy (non-hydrogen) atoms. The van der Waals surface area contributed by atoms with Gasteiger partial charge in [0.25, 0.3) is 11.5 Å². The van der Waals surface area contributed by atoms with Crippen molar-refractivity contribution >= 4 is 5.91 Å². The zero-order chi connectivity index (χ0) is 19.2. The topological polar surface area (TPSA) is 73.2 Å². The number of benzene rings is 2. The molecule has 2 aromatic carbocycles. The summed E-state index contributed by atoms with van der Waals surface area (Å²) in [5, 5.41) is 6.99. The zero-order valence-corrected chi connectivity index (χ0v) is 15.3. The first-order valence-electron chi connectivity index (χ1n) is 8.64. The molecule has 0 radical (unpaired) electrons. The Labute approximate surface area is 157 Å². The number of hydrogen-bond acceptors (Lipinski definition) is 4. The first-order valence-corrected chi connectivity index (χ1v) is 8.64. The highest BCUT2D eigenvalue weighted by Gasteiger charge is 2.08. The van der Waals surface area contributed by atoms with Crippen molar-refractivity contribution in [1.29, 1.82) is 0 Å². The van der Waals surface area contributed by atoms with Crippen molar-refractivity contribution in [2.75, 3.05) is 6.61 Å². The lowest BCUT2D eigenvalue weighted by atomic mass is 10.1. The number of rotatable bonds is 6. The molecule has 0 aliphatic heterocycles. The molecule has 3 rings (SSSR count). The monoisotopic (exact) mass is 363 g/mol. The first-order chi connectivity index (χ1) is 13.0. The summed E-state index contributed by atoms with van der Waals surface area (Å²) in [4.78, 5) is 24.1. The van der Waals surface area contributed by atoms with Crippen LogP contribution in [0.3, 0.4) is 0 Å². The molecule has 0 aliphatic rings. The van der Waals surface area contributed by atoms with Crippen LogP contribution < -0.4 is 15.6 Å². The van der Waals surface area contributed by atoms with Gasteiger partial charge >= 0.3 is 0 Å². The lowest BCUT2D eigenvalue weighted by Crippen LogP contribution is -2.29. The van der Waals surface area contributed by atoms with Gasteiger partial charge in [0.2, 0.25) is 5.88 Å². The lowest BCUT2D eigenvalue weighted by Gasteiger charge is -2.10. The number of hydrogen-bond donors (Lipinski definition) is 1. The Kier molecular flexibility index (Phi) is 5.66. The summed E-state index contributed by atoms with van der Waals surface area (Å²) in [6.45, 7) is 4.23. The van der Waals surface area contributed by atoms with E-state index in [1.165, 1.54) is 16.8 Å². The van der Waals surface area contributed by atoms with Crippen LogP contribution in [-0.2, 0) is 11.3 Å². The smallest absolute Gasteiger partial charge is 0.271 e. The van der Waals surface area contributed by atoms with E-state index in [1.807, 2.05) is 62.4 Å². The highest BCUT2D eigenvalue weighted by Crippen LogP contribution is 2.13. The number of nitrogens with zero attached hydrogens (tertiary/aromatic N) is 2. The van der Waals surface area contributed by atoms with Crippen LogP contribution in [0.1, 0.15) is 16.7 Å². The maximum absolute atomic E-state index is 12.1. The maximum atomic E-state index is 12.1. The minimum Gasteiger partial charge on any atom is -0.467 e. The highest BCUT2D eigenvalue weighted by atomic mass is 16.5. The van der Waals surface area contributed by atoms with Gasteiger partial charge in [-0.15, -0.1) is 5.10 Å². The second-order valence-corrected chi connectivity index (χ2v) is 6.24. The minimum atomic E-state index is -0.265. The van der Waals surface area contributed by atoms with Crippen molar-refractivity contribution in [3.63, 3.8) is 0 Å². The summed E-state index contributed by atoms with van der Waals surface area (Å²) in [6, 6.07) is 18.1. The Morgan fingerprint density at radius 1 is 1.04 bits per heavy atom. The molecule has 1 amide bonds. The maximum Gasteiger partial charge on any atom is 0.271 e. The second-order valence-electron chi connectivity index (χ2n) is 6.24. The van der Waals surface area contributed by atoms with E-state index in [-0.39, 0.29) is 24.0 Å². The van der Waals surface area contributed by atoms with E-state index >= 15 is 0 Å². The lowest BCUT2D eigenvalue weighted by molar-refractivity contribution is -0.123. The Morgan fingerprint density at radius 3 is 2.56 bits per heavy atom. The molecule has 3 aromatic rings. The summed E-state index contributed by atoms with van der Waals surface area (Å²) >= 11 is 0. The highest BCUT2D eigenvalue weighted by molar-refractivity contribution is 5.77. The molecule has 6 nitrogen and oxygen atoms in total. The molecular formula is C21H21N3O3. The Morgan fingerprint density at radius 2 is 1.81 bits per heavy atom. The molecule has 0 bridgehead atoms. The van der Waals surface area contributed by atoms with Gasteiger partial charge in [0, 0.05) is 18.7 Å². The minimum absolute atomic E-state index is 0.176. The van der Waals surface area contributed by atoms with Crippen LogP contribution >= 0.6 is 0 Å². The number of nitrogens with one attached hydrogen (secondary N) is 1. The quantitative estimate of drug-likeness (QED) is 0.730. The molecule has 138 valence electrons. The van der Waals surface area contributed by atoms with Crippen molar-refractivity contribution in [1.82, 2.24) is 15.1 Å². The van der Waals surface area contributed by atoms with Crippen LogP contribution in [0.2, 0.25) is 0 Å². The van der Waals surface area contributed by atoms with E-state index in [4.69, 9.17) is 4.74 Å². The molecule has 0 fully saturated rings. The molecule has 0 unspecified atom stereocenters. The molecule has 1 aromatic heterocycles. The summed E-state index contributed by atoms with van der Waals surface area (Å²) in [5.41, 5.74) is 3.59. The van der Waals surface area contributed by atoms with Crippen LogP contribution in [0.25, 0.3) is 5.69 Å². The fourth-order valence-electron chi connectivity index (χ4n) is 2.50. The third-order valence-corrected chi connectivity index (χ3v) is 4.19.